The fraction of sp³-hybridized carbons (Fsp3) is 0.571. The van der Waals surface area contributed by atoms with Gasteiger partial charge in [-0.2, -0.15) is 0 Å². The van der Waals surface area contributed by atoms with E-state index in [2.05, 4.69) is 62.4 Å². The number of rotatable bonds is 3. The van der Waals surface area contributed by atoms with Gasteiger partial charge in [0.2, 0.25) is 0 Å². The molecule has 2 aromatic carbocycles. The minimum atomic E-state index is 0.367. The normalized spacial score (nSPS) is 12.8. The predicted molar refractivity (Wildman–Crippen MR) is 132 cm³/mol. The number of hydrogen-bond acceptors (Lipinski definition) is 0. The van der Waals surface area contributed by atoms with E-state index in [1.807, 2.05) is 55.4 Å². The first-order chi connectivity index (χ1) is 13.6. The first-order valence-electron chi connectivity index (χ1n) is 11.8. The predicted octanol–water partition coefficient (Wildman–Crippen LogP) is 9.19. The molecule has 0 saturated heterocycles. The smallest absolute Gasteiger partial charge is 0.0101 e. The summed E-state index contributed by atoms with van der Waals surface area (Å²) in [5, 5.41) is 0. The quantitative estimate of drug-likeness (QED) is 0.494. The summed E-state index contributed by atoms with van der Waals surface area (Å²) in [7, 11) is 0. The number of fused-ring (bicyclic) bond motifs is 1. The van der Waals surface area contributed by atoms with E-state index >= 15 is 0 Å². The maximum atomic E-state index is 2.46. The Morgan fingerprint density at radius 3 is 1.79 bits per heavy atom. The first kappa shape index (κ1) is 28.6. The second-order valence-electron chi connectivity index (χ2n) is 6.71. The molecule has 0 aliphatic heterocycles. The van der Waals surface area contributed by atoms with Crippen molar-refractivity contribution in [1.29, 1.82) is 0 Å². The summed E-state index contributed by atoms with van der Waals surface area (Å²) in [6, 6.07) is 18.0. The fourth-order valence-electron chi connectivity index (χ4n) is 3.46. The average molecular weight is 385 g/mol. The summed E-state index contributed by atoms with van der Waals surface area (Å²) in [6.07, 6.45) is 6.21. The van der Waals surface area contributed by atoms with Gasteiger partial charge in [0.25, 0.3) is 0 Å². The zero-order valence-electron chi connectivity index (χ0n) is 20.7. The van der Waals surface area contributed by atoms with Crippen molar-refractivity contribution in [3.05, 3.63) is 70.8 Å². The van der Waals surface area contributed by atoms with Gasteiger partial charge in [0, 0.05) is 0 Å². The Balaban J connectivity index is 0. The number of benzene rings is 2. The molecule has 0 radical (unpaired) electrons. The molecule has 0 spiro atoms. The van der Waals surface area contributed by atoms with Crippen LogP contribution < -0.4 is 0 Å². The highest BCUT2D eigenvalue weighted by Gasteiger charge is 2.26. The van der Waals surface area contributed by atoms with E-state index in [0.717, 1.165) is 12.8 Å². The van der Waals surface area contributed by atoms with Crippen LogP contribution >= 0.6 is 0 Å². The van der Waals surface area contributed by atoms with Gasteiger partial charge in [0.05, 0.1) is 0 Å². The van der Waals surface area contributed by atoms with Crippen molar-refractivity contribution in [2.75, 3.05) is 0 Å². The van der Waals surface area contributed by atoms with Gasteiger partial charge in [-0.15, -0.1) is 0 Å². The monoisotopic (exact) mass is 384 g/mol. The minimum Gasteiger partial charge on any atom is -0.0683 e. The lowest BCUT2D eigenvalue weighted by atomic mass is 9.72. The van der Waals surface area contributed by atoms with Gasteiger partial charge in [0.1, 0.15) is 0 Å². The van der Waals surface area contributed by atoms with Crippen LogP contribution in [-0.2, 0) is 24.7 Å². The average Bonchev–Trinajstić information content (AvgIpc) is 2.78. The van der Waals surface area contributed by atoms with E-state index in [9.17, 15) is 0 Å². The third-order valence-electron chi connectivity index (χ3n) is 4.69. The molecule has 160 valence electrons. The van der Waals surface area contributed by atoms with E-state index in [0.29, 0.717) is 5.41 Å². The molecule has 0 amide bonds. The summed E-state index contributed by atoms with van der Waals surface area (Å²) in [4.78, 5) is 0. The van der Waals surface area contributed by atoms with Crippen molar-refractivity contribution >= 4 is 0 Å². The molecular weight excluding hydrogens is 336 g/mol. The summed E-state index contributed by atoms with van der Waals surface area (Å²) in [6.45, 7) is 20.8. The van der Waals surface area contributed by atoms with Crippen LogP contribution in [0.2, 0.25) is 0 Å². The van der Waals surface area contributed by atoms with Crippen LogP contribution in [0.15, 0.2) is 48.5 Å². The lowest BCUT2D eigenvalue weighted by Crippen LogP contribution is -2.23. The van der Waals surface area contributed by atoms with E-state index in [-0.39, 0.29) is 0 Å². The lowest BCUT2D eigenvalue weighted by Gasteiger charge is -2.32. The van der Waals surface area contributed by atoms with Gasteiger partial charge in [-0.3, -0.25) is 0 Å². The van der Waals surface area contributed by atoms with Crippen molar-refractivity contribution < 1.29 is 0 Å². The Morgan fingerprint density at radius 2 is 1.21 bits per heavy atom. The van der Waals surface area contributed by atoms with E-state index in [1.54, 1.807) is 11.1 Å². The number of aryl methyl sites for hydroxylation is 3. The molecule has 28 heavy (non-hydrogen) atoms. The Bertz CT molecular complexity index is 578. The van der Waals surface area contributed by atoms with Gasteiger partial charge in [-0.25, -0.2) is 0 Å². The molecular formula is C28H48. The van der Waals surface area contributed by atoms with Crippen LogP contribution in [0.3, 0.4) is 0 Å². The molecule has 1 aliphatic carbocycles. The molecule has 0 fully saturated rings. The second-order valence-corrected chi connectivity index (χ2v) is 6.71. The molecule has 3 rings (SSSR count). The Morgan fingerprint density at radius 1 is 0.679 bits per heavy atom. The highest BCUT2D eigenvalue weighted by molar-refractivity contribution is 5.39. The van der Waals surface area contributed by atoms with Crippen LogP contribution in [0.25, 0.3) is 0 Å². The van der Waals surface area contributed by atoms with Crippen LogP contribution in [0.5, 0.6) is 0 Å². The van der Waals surface area contributed by atoms with Crippen LogP contribution in [0.4, 0.5) is 0 Å². The molecule has 2 aromatic rings. The molecule has 0 saturated carbocycles. The van der Waals surface area contributed by atoms with Crippen LogP contribution in [-0.4, -0.2) is 0 Å². The highest BCUT2D eigenvalue weighted by Crippen LogP contribution is 2.37. The van der Waals surface area contributed by atoms with E-state index < -0.39 is 0 Å². The number of hydrogen-bond donors (Lipinski definition) is 0. The van der Waals surface area contributed by atoms with Gasteiger partial charge in [0.15, 0.2) is 0 Å². The van der Waals surface area contributed by atoms with Gasteiger partial charge >= 0.3 is 0 Å². The molecule has 1 aliphatic rings. The minimum absolute atomic E-state index is 0.367. The SMILES string of the molecule is CC.CC.CC.CC.CC1(C)CCCc2cc(CCc3ccccc3)ccc21. The fourth-order valence-corrected chi connectivity index (χ4v) is 3.46. The molecule has 0 unspecified atom stereocenters. The summed E-state index contributed by atoms with van der Waals surface area (Å²) in [5.41, 5.74) is 6.46. The van der Waals surface area contributed by atoms with Crippen molar-refractivity contribution in [3.8, 4) is 0 Å². The maximum absolute atomic E-state index is 2.46. The molecule has 0 N–H and O–H groups in total. The zero-order valence-corrected chi connectivity index (χ0v) is 20.7. The van der Waals surface area contributed by atoms with Gasteiger partial charge < -0.3 is 0 Å². The zero-order chi connectivity index (χ0) is 22.0. The van der Waals surface area contributed by atoms with Crippen molar-refractivity contribution in [3.63, 3.8) is 0 Å². The third-order valence-corrected chi connectivity index (χ3v) is 4.69. The van der Waals surface area contributed by atoms with Crippen molar-refractivity contribution in [1.82, 2.24) is 0 Å². The van der Waals surface area contributed by atoms with E-state index in [1.165, 1.54) is 30.4 Å². The maximum Gasteiger partial charge on any atom is -0.0101 e. The first-order valence-corrected chi connectivity index (χ1v) is 11.8. The molecule has 0 heteroatoms. The molecule has 0 bridgehead atoms. The van der Waals surface area contributed by atoms with Crippen molar-refractivity contribution in [2.24, 2.45) is 0 Å². The molecule has 0 atom stereocenters. The summed E-state index contributed by atoms with van der Waals surface area (Å²) >= 11 is 0. The third kappa shape index (κ3) is 9.58. The summed E-state index contributed by atoms with van der Waals surface area (Å²) in [5.74, 6) is 0. The lowest BCUT2D eigenvalue weighted by molar-refractivity contribution is 0.431. The van der Waals surface area contributed by atoms with Crippen molar-refractivity contribution in [2.45, 2.75) is 107 Å². The molecule has 0 heterocycles. The Hall–Kier alpha value is -1.56. The van der Waals surface area contributed by atoms with E-state index in [4.69, 9.17) is 0 Å². The second kappa shape index (κ2) is 17.5. The van der Waals surface area contributed by atoms with Gasteiger partial charge in [-0.1, -0.05) is 118 Å². The summed E-state index contributed by atoms with van der Waals surface area (Å²) < 4.78 is 0. The Kier molecular flexibility index (Phi) is 17.9. The van der Waals surface area contributed by atoms with Gasteiger partial charge in [-0.05, 0) is 59.8 Å². The molecule has 0 aromatic heterocycles. The Labute approximate surface area is 177 Å². The molecule has 0 nitrogen and oxygen atoms in total. The van der Waals surface area contributed by atoms with Crippen LogP contribution in [0.1, 0.15) is 104 Å². The van der Waals surface area contributed by atoms with Crippen LogP contribution in [0, 0.1) is 0 Å². The largest absolute Gasteiger partial charge is 0.0683 e. The highest BCUT2D eigenvalue weighted by atomic mass is 14.3. The standard InChI is InChI=1S/C20H24.4C2H6/c1-20(2)14-6-9-18-15-17(12-13-19(18)20)11-10-16-7-4-3-5-8-16;4*1-2/h3-5,7-8,12-13,15H,6,9-11,14H2,1-2H3;4*1-2H3. The topological polar surface area (TPSA) is 0 Å².